The molecule has 2 atom stereocenters. The van der Waals surface area contributed by atoms with Crippen LogP contribution in [0, 0.1) is 5.92 Å². The van der Waals surface area contributed by atoms with E-state index >= 15 is 0 Å². The van der Waals surface area contributed by atoms with Gasteiger partial charge in [0.25, 0.3) is 0 Å². The first kappa shape index (κ1) is 34.4. The van der Waals surface area contributed by atoms with Crippen LogP contribution in [0.1, 0.15) is 49.5 Å². The molecule has 0 amide bonds. The molecule has 0 heterocycles. The largest absolute Gasteiger partial charge is 0.409 e. The molecule has 41 heavy (non-hydrogen) atoms. The standard InChI is InChI=1S/C37H52O2Si2/c1-8-15-26-35(36(33-22-18-16-19-23-33)38-40(27-9-2,28-10-3)29-11-4)37(34-24-20-17-21-25-34)39-41(30-12-5,31-13-6)32-14-7/h9-14,16-25,35-37H,2-8,15,26-32H2,1H3. The van der Waals surface area contributed by atoms with Crippen LogP contribution in [0.4, 0.5) is 0 Å². The monoisotopic (exact) mass is 584 g/mol. The van der Waals surface area contributed by atoms with Crippen LogP contribution in [0.25, 0.3) is 0 Å². The minimum absolute atomic E-state index is 0.0948. The number of allylic oxidation sites excluding steroid dienone is 6. The predicted molar refractivity (Wildman–Crippen MR) is 185 cm³/mol. The summed E-state index contributed by atoms with van der Waals surface area (Å²) in [7, 11) is -4.68. The van der Waals surface area contributed by atoms with Gasteiger partial charge in [-0.2, -0.15) is 0 Å². The molecule has 0 spiro atoms. The summed E-state index contributed by atoms with van der Waals surface area (Å²) in [6, 6.07) is 26.5. The first-order chi connectivity index (χ1) is 20.0. The third kappa shape index (κ3) is 10.2. The Labute approximate surface area is 253 Å². The van der Waals surface area contributed by atoms with E-state index in [4.69, 9.17) is 8.85 Å². The Balaban J connectivity index is 2.82. The van der Waals surface area contributed by atoms with Crippen LogP contribution < -0.4 is 0 Å². The summed E-state index contributed by atoms with van der Waals surface area (Å²) >= 11 is 0. The van der Waals surface area contributed by atoms with E-state index in [9.17, 15) is 0 Å². The smallest absolute Gasteiger partial charge is 0.204 e. The second-order valence-corrected chi connectivity index (χ2v) is 18.7. The maximum atomic E-state index is 7.50. The van der Waals surface area contributed by atoms with Crippen LogP contribution in [0.5, 0.6) is 0 Å². The van der Waals surface area contributed by atoms with E-state index < -0.39 is 16.6 Å². The van der Waals surface area contributed by atoms with Gasteiger partial charge in [-0.3, -0.25) is 0 Å². The second-order valence-electron chi connectivity index (χ2n) is 11.0. The van der Waals surface area contributed by atoms with E-state index in [1.165, 1.54) is 11.1 Å². The van der Waals surface area contributed by atoms with E-state index in [-0.39, 0.29) is 18.1 Å². The number of hydrogen-bond donors (Lipinski definition) is 0. The van der Waals surface area contributed by atoms with E-state index in [2.05, 4.69) is 107 Å². The zero-order valence-corrected chi connectivity index (χ0v) is 27.4. The molecular weight excluding hydrogens is 533 g/mol. The predicted octanol–water partition coefficient (Wildman–Crippen LogP) is 11.3. The van der Waals surface area contributed by atoms with Gasteiger partial charge in [-0.15, -0.1) is 39.5 Å². The normalized spacial score (nSPS) is 13.9. The van der Waals surface area contributed by atoms with Gasteiger partial charge in [0.15, 0.2) is 0 Å². The second kappa shape index (κ2) is 18.6. The number of rotatable bonds is 23. The summed E-state index contributed by atoms with van der Waals surface area (Å²) in [5.74, 6) is 0.0948. The number of hydrogen-bond acceptors (Lipinski definition) is 2. The van der Waals surface area contributed by atoms with Crippen molar-refractivity contribution in [2.24, 2.45) is 5.92 Å². The minimum Gasteiger partial charge on any atom is -0.409 e. The van der Waals surface area contributed by atoms with Gasteiger partial charge >= 0.3 is 0 Å². The fourth-order valence-electron chi connectivity index (χ4n) is 5.90. The molecule has 2 rings (SSSR count). The van der Waals surface area contributed by atoms with Crippen LogP contribution in [0.2, 0.25) is 36.3 Å². The van der Waals surface area contributed by atoms with Crippen LogP contribution >= 0.6 is 0 Å². The van der Waals surface area contributed by atoms with Gasteiger partial charge < -0.3 is 8.85 Å². The zero-order chi connectivity index (χ0) is 30.0. The first-order valence-corrected chi connectivity index (χ1v) is 20.1. The van der Waals surface area contributed by atoms with Crippen LogP contribution in [0.15, 0.2) is 137 Å². The maximum Gasteiger partial charge on any atom is 0.204 e. The molecule has 0 radical (unpaired) electrons. The molecule has 2 aromatic rings. The molecule has 2 unspecified atom stereocenters. The van der Waals surface area contributed by atoms with E-state index in [1.807, 2.05) is 36.5 Å². The third-order valence-electron chi connectivity index (χ3n) is 7.78. The molecule has 0 aliphatic carbocycles. The highest BCUT2D eigenvalue weighted by Crippen LogP contribution is 2.46. The quantitative estimate of drug-likeness (QED) is 0.0955. The Morgan fingerprint density at radius 3 is 1.15 bits per heavy atom. The van der Waals surface area contributed by atoms with Crippen LogP contribution in [0.3, 0.4) is 0 Å². The van der Waals surface area contributed by atoms with Crippen LogP contribution in [-0.2, 0) is 8.85 Å². The van der Waals surface area contributed by atoms with Crippen molar-refractivity contribution in [1.29, 1.82) is 0 Å². The minimum atomic E-state index is -2.34. The van der Waals surface area contributed by atoms with Crippen molar-refractivity contribution < 1.29 is 8.85 Å². The molecule has 2 nitrogen and oxygen atoms in total. The summed E-state index contributed by atoms with van der Waals surface area (Å²) in [6.45, 7) is 27.0. The van der Waals surface area contributed by atoms with Gasteiger partial charge in [0.1, 0.15) is 0 Å². The molecule has 0 N–H and O–H groups in total. The van der Waals surface area contributed by atoms with Crippen LogP contribution in [-0.4, -0.2) is 16.6 Å². The summed E-state index contributed by atoms with van der Waals surface area (Å²) in [6.07, 6.45) is 15.0. The van der Waals surface area contributed by atoms with Gasteiger partial charge in [-0.1, -0.05) is 117 Å². The molecule has 0 saturated carbocycles. The Morgan fingerprint density at radius 2 is 0.878 bits per heavy atom. The van der Waals surface area contributed by atoms with Gasteiger partial charge in [-0.05, 0) is 53.8 Å². The summed E-state index contributed by atoms with van der Waals surface area (Å²) < 4.78 is 15.0. The zero-order valence-electron chi connectivity index (χ0n) is 25.4. The third-order valence-corrected chi connectivity index (χ3v) is 15.5. The average molecular weight is 585 g/mol. The fraction of sp³-hybridized carbons (Fsp3) is 0.351. The SMILES string of the molecule is C=CC[Si](CC=C)(CC=C)OC(c1ccccc1)C(CCCC)C(O[Si](CC=C)(CC=C)CC=C)c1ccccc1. The molecule has 2 aromatic carbocycles. The fourth-order valence-corrected chi connectivity index (χ4v) is 12.3. The Morgan fingerprint density at radius 1 is 0.561 bits per heavy atom. The number of unbranched alkanes of at least 4 members (excludes halogenated alkanes) is 1. The van der Waals surface area contributed by atoms with Crippen molar-refractivity contribution in [3.8, 4) is 0 Å². The lowest BCUT2D eigenvalue weighted by molar-refractivity contribution is 0.0210. The van der Waals surface area contributed by atoms with E-state index in [0.717, 1.165) is 55.5 Å². The van der Waals surface area contributed by atoms with Crippen molar-refractivity contribution in [2.45, 2.75) is 74.7 Å². The molecule has 0 aromatic heterocycles. The van der Waals surface area contributed by atoms with E-state index in [1.54, 1.807) is 0 Å². The van der Waals surface area contributed by atoms with Crippen molar-refractivity contribution >= 4 is 16.6 Å². The topological polar surface area (TPSA) is 18.5 Å². The first-order valence-electron chi connectivity index (χ1n) is 15.1. The van der Waals surface area contributed by atoms with Gasteiger partial charge in [-0.25, -0.2) is 0 Å². The van der Waals surface area contributed by atoms with Crippen molar-refractivity contribution in [2.75, 3.05) is 0 Å². The van der Waals surface area contributed by atoms with Crippen molar-refractivity contribution in [3.05, 3.63) is 148 Å². The van der Waals surface area contributed by atoms with Crippen molar-refractivity contribution in [1.82, 2.24) is 0 Å². The van der Waals surface area contributed by atoms with Crippen molar-refractivity contribution in [3.63, 3.8) is 0 Å². The molecule has 220 valence electrons. The molecule has 0 saturated heterocycles. The average Bonchev–Trinajstić information content (AvgIpc) is 2.98. The summed E-state index contributed by atoms with van der Waals surface area (Å²) in [4.78, 5) is 0. The van der Waals surface area contributed by atoms with Gasteiger partial charge in [0.05, 0.1) is 12.2 Å². The number of benzene rings is 2. The molecular formula is C37H52O2Si2. The highest BCUT2D eigenvalue weighted by molar-refractivity contribution is 6.75. The van der Waals surface area contributed by atoms with E-state index in [0.29, 0.717) is 0 Å². The molecule has 0 bridgehead atoms. The molecule has 0 fully saturated rings. The summed E-state index contributed by atoms with van der Waals surface area (Å²) in [5, 5.41) is 0. The Hall–Kier alpha value is -2.77. The van der Waals surface area contributed by atoms with Gasteiger partial charge in [0, 0.05) is 5.92 Å². The summed E-state index contributed by atoms with van der Waals surface area (Å²) in [5.41, 5.74) is 2.38. The van der Waals surface area contributed by atoms with Gasteiger partial charge in [0.2, 0.25) is 16.6 Å². The Bertz CT molecular complexity index is 942. The lowest BCUT2D eigenvalue weighted by Crippen LogP contribution is -2.44. The molecule has 0 aliphatic heterocycles. The highest BCUT2D eigenvalue weighted by Gasteiger charge is 2.43. The lowest BCUT2D eigenvalue weighted by atomic mass is 9.84. The maximum absolute atomic E-state index is 7.50. The highest BCUT2D eigenvalue weighted by atomic mass is 28.4. The lowest BCUT2D eigenvalue weighted by Gasteiger charge is -2.43. The Kier molecular flexibility index (Phi) is 15.6. The molecule has 4 heteroatoms. The molecule has 0 aliphatic rings.